The van der Waals surface area contributed by atoms with E-state index in [4.69, 9.17) is 0 Å². The molecule has 8 heavy (non-hydrogen) atoms. The molecular weight excluding hydrogens is 123 g/mol. The minimum Gasteiger partial charge on any atom is -0.321 e. The van der Waals surface area contributed by atoms with Crippen LogP contribution in [0.2, 0.25) is 0 Å². The van der Waals surface area contributed by atoms with Crippen LogP contribution in [0.5, 0.6) is 0 Å². The summed E-state index contributed by atoms with van der Waals surface area (Å²) in [4.78, 5) is 13.6. The van der Waals surface area contributed by atoms with Crippen molar-refractivity contribution in [3.8, 4) is 0 Å². The summed E-state index contributed by atoms with van der Waals surface area (Å²) in [6, 6.07) is 0. The first-order chi connectivity index (χ1) is 3.83. The Morgan fingerprint density at radius 2 is 2.62 bits per heavy atom. The van der Waals surface area contributed by atoms with Gasteiger partial charge in [0, 0.05) is 6.20 Å². The van der Waals surface area contributed by atoms with Gasteiger partial charge in [-0.1, -0.05) is 0 Å². The summed E-state index contributed by atoms with van der Waals surface area (Å²) in [5, 5.41) is 0. The van der Waals surface area contributed by atoms with Crippen LogP contribution >= 0.6 is 9.39 Å². The lowest BCUT2D eigenvalue weighted by Crippen LogP contribution is -1.73. The summed E-state index contributed by atoms with van der Waals surface area (Å²) in [5.41, 5.74) is 0.458. The van der Waals surface area contributed by atoms with Gasteiger partial charge >= 0.3 is 0 Å². The van der Waals surface area contributed by atoms with Gasteiger partial charge in [0.05, 0.1) is 6.33 Å². The molecule has 0 aromatic carbocycles. The van der Waals surface area contributed by atoms with Crippen LogP contribution in [0.15, 0.2) is 12.5 Å². The molecule has 3 nitrogen and oxygen atoms in total. The third-order valence-corrected chi connectivity index (χ3v) is 1.02. The molecule has 1 aromatic heterocycles. The van der Waals surface area contributed by atoms with Gasteiger partial charge in [-0.05, 0) is 9.39 Å². The monoisotopic (exact) mass is 128 g/mol. The van der Waals surface area contributed by atoms with E-state index in [2.05, 4.69) is 14.4 Å². The van der Waals surface area contributed by atoms with Crippen LogP contribution in [0, 0.1) is 0 Å². The third-order valence-electron chi connectivity index (χ3n) is 0.742. The van der Waals surface area contributed by atoms with Crippen LogP contribution < -0.4 is 0 Å². The Bertz CT molecular complexity index is 196. The van der Waals surface area contributed by atoms with Gasteiger partial charge in [-0.3, -0.25) is 4.79 Å². The Morgan fingerprint density at radius 3 is 2.88 bits per heavy atom. The van der Waals surface area contributed by atoms with Crippen molar-refractivity contribution in [2.24, 2.45) is 0 Å². The highest BCUT2D eigenvalue weighted by molar-refractivity contribution is 7.14. The molecule has 1 rings (SSSR count). The molecule has 1 heterocycles. The quantitative estimate of drug-likeness (QED) is 0.403. The molecule has 0 aliphatic rings. The summed E-state index contributed by atoms with van der Waals surface area (Å²) < 4.78 is 1.64. The van der Waals surface area contributed by atoms with Crippen molar-refractivity contribution in [3.63, 3.8) is 0 Å². The number of hydrogen-bond donors (Lipinski definition) is 0. The molecule has 0 saturated carbocycles. The minimum absolute atomic E-state index is 0.458. The molecule has 42 valence electrons. The van der Waals surface area contributed by atoms with E-state index in [9.17, 15) is 4.79 Å². The number of nitrogens with zero attached hydrogens (tertiary/aromatic N) is 2. The fraction of sp³-hybridized carbons (Fsp3) is 0. The van der Waals surface area contributed by atoms with E-state index in [0.29, 0.717) is 12.0 Å². The molecule has 0 fully saturated rings. The van der Waals surface area contributed by atoms with Crippen molar-refractivity contribution in [3.05, 3.63) is 18.2 Å². The van der Waals surface area contributed by atoms with E-state index in [1.165, 1.54) is 0 Å². The van der Waals surface area contributed by atoms with E-state index < -0.39 is 0 Å². The summed E-state index contributed by atoms with van der Waals surface area (Å²) in [7, 11) is 2.37. The van der Waals surface area contributed by atoms with Crippen LogP contribution in [-0.4, -0.2) is 15.6 Å². The number of carbonyl (C=O) groups is 1. The summed E-state index contributed by atoms with van der Waals surface area (Å²) in [6.07, 6.45) is 3.88. The molecule has 0 saturated heterocycles. The van der Waals surface area contributed by atoms with Crippen LogP contribution in [-0.2, 0) is 0 Å². The van der Waals surface area contributed by atoms with Gasteiger partial charge in [0.15, 0.2) is 6.29 Å². The van der Waals surface area contributed by atoms with Gasteiger partial charge in [-0.15, -0.1) is 0 Å². The molecule has 0 bridgehead atoms. The van der Waals surface area contributed by atoms with Crippen molar-refractivity contribution in [2.75, 3.05) is 0 Å². The Hall–Kier alpha value is -0.690. The van der Waals surface area contributed by atoms with E-state index in [-0.39, 0.29) is 0 Å². The topological polar surface area (TPSA) is 34.9 Å². The fourth-order valence-electron chi connectivity index (χ4n) is 0.414. The number of carbonyl (C=O) groups excluding carboxylic acids is 1. The number of rotatable bonds is 1. The highest BCUT2D eigenvalue weighted by atomic mass is 31.0. The maximum atomic E-state index is 9.93. The zero-order valence-electron chi connectivity index (χ0n) is 4.11. The summed E-state index contributed by atoms with van der Waals surface area (Å²) >= 11 is 0. The van der Waals surface area contributed by atoms with Gasteiger partial charge in [-0.2, -0.15) is 0 Å². The van der Waals surface area contributed by atoms with Crippen molar-refractivity contribution in [1.82, 2.24) is 9.32 Å². The zero-order chi connectivity index (χ0) is 5.98. The van der Waals surface area contributed by atoms with Crippen molar-refractivity contribution < 1.29 is 4.79 Å². The predicted molar refractivity (Wildman–Crippen MR) is 32.7 cm³/mol. The summed E-state index contributed by atoms with van der Waals surface area (Å²) in [6.45, 7) is 0. The van der Waals surface area contributed by atoms with Crippen LogP contribution in [0.1, 0.15) is 10.5 Å². The number of aromatic nitrogens is 2. The Morgan fingerprint density at radius 1 is 1.88 bits per heavy atom. The molecule has 0 aliphatic carbocycles. The molecule has 0 amide bonds. The van der Waals surface area contributed by atoms with Crippen molar-refractivity contribution >= 4 is 15.7 Å². The maximum absolute atomic E-state index is 9.93. The number of imidazole rings is 1. The normalized spacial score (nSPS) is 9.12. The second-order valence-electron chi connectivity index (χ2n) is 1.36. The van der Waals surface area contributed by atoms with Crippen LogP contribution in [0.25, 0.3) is 0 Å². The molecule has 1 aromatic rings. The van der Waals surface area contributed by atoms with Crippen LogP contribution in [0.4, 0.5) is 0 Å². The van der Waals surface area contributed by atoms with Gasteiger partial charge in [0.1, 0.15) is 5.69 Å². The molecule has 4 heteroatoms. The molecule has 0 spiro atoms. The Balaban J connectivity index is 3.00. The van der Waals surface area contributed by atoms with Crippen molar-refractivity contribution in [1.29, 1.82) is 0 Å². The van der Waals surface area contributed by atoms with Crippen LogP contribution in [0.3, 0.4) is 0 Å². The zero-order valence-corrected chi connectivity index (χ0v) is 5.27. The van der Waals surface area contributed by atoms with Gasteiger partial charge in [0.2, 0.25) is 0 Å². The van der Waals surface area contributed by atoms with E-state index in [0.717, 1.165) is 0 Å². The van der Waals surface area contributed by atoms with E-state index >= 15 is 0 Å². The first-order valence-corrected chi connectivity index (χ1v) is 2.59. The SMILES string of the molecule is O=Cc1cn(P)cn1. The average molecular weight is 128 g/mol. The Labute approximate surface area is 49.0 Å². The molecule has 0 aliphatic heterocycles. The third kappa shape index (κ3) is 0.928. The standard InChI is InChI=1S/C4H5N2OP/c7-2-4-1-6(8)3-5-4/h1-3H,8H2. The van der Waals surface area contributed by atoms with Gasteiger partial charge < -0.3 is 4.34 Å². The van der Waals surface area contributed by atoms with Gasteiger partial charge in [0.25, 0.3) is 0 Å². The van der Waals surface area contributed by atoms with Crippen molar-refractivity contribution in [2.45, 2.75) is 0 Å². The average Bonchev–Trinajstić information content (AvgIpc) is 2.14. The number of hydrogen-bond acceptors (Lipinski definition) is 2. The molecule has 0 N–H and O–H groups in total. The highest BCUT2D eigenvalue weighted by Gasteiger charge is 1.88. The number of aldehydes is 1. The van der Waals surface area contributed by atoms with E-state index in [1.807, 2.05) is 0 Å². The smallest absolute Gasteiger partial charge is 0.170 e. The maximum Gasteiger partial charge on any atom is 0.170 e. The second-order valence-corrected chi connectivity index (χ2v) is 1.96. The minimum atomic E-state index is 0.458. The van der Waals surface area contributed by atoms with E-state index in [1.54, 1.807) is 16.9 Å². The highest BCUT2D eigenvalue weighted by Crippen LogP contribution is 1.94. The Kier molecular flexibility index (Phi) is 1.40. The predicted octanol–water partition coefficient (Wildman–Crippen LogP) is 0.334. The first kappa shape index (κ1) is 5.45. The molecule has 0 radical (unpaired) electrons. The molecule has 1 atom stereocenters. The summed E-state index contributed by atoms with van der Waals surface area (Å²) in [5.74, 6) is 0. The lowest BCUT2D eigenvalue weighted by atomic mass is 10.6. The molecular formula is C4H5N2OP. The lowest BCUT2D eigenvalue weighted by Gasteiger charge is -1.77. The largest absolute Gasteiger partial charge is 0.321 e. The lowest BCUT2D eigenvalue weighted by molar-refractivity contribution is 0.111. The molecule has 1 unspecified atom stereocenters. The second kappa shape index (κ2) is 2.05. The fourth-order valence-corrected chi connectivity index (χ4v) is 0.633. The van der Waals surface area contributed by atoms with Gasteiger partial charge in [-0.25, -0.2) is 4.98 Å². The first-order valence-electron chi connectivity index (χ1n) is 2.07.